The predicted octanol–water partition coefficient (Wildman–Crippen LogP) is 1.92. The van der Waals surface area contributed by atoms with Crippen LogP contribution in [-0.2, 0) is 4.74 Å². The number of methoxy groups -OCH3 is 1. The van der Waals surface area contributed by atoms with Crippen molar-refractivity contribution in [2.75, 3.05) is 24.8 Å². The van der Waals surface area contributed by atoms with Crippen molar-refractivity contribution in [1.29, 1.82) is 0 Å². The van der Waals surface area contributed by atoms with Crippen LogP contribution in [-0.4, -0.2) is 26.3 Å². The molecule has 0 aliphatic rings. The molecule has 0 spiro atoms. The first-order valence-corrected chi connectivity index (χ1v) is 5.01. The number of carbonyl (C=O) groups is 2. The molecule has 0 unspecified atom stereocenters. The maximum Gasteiger partial charge on any atom is 0.411 e. The van der Waals surface area contributed by atoms with Crippen molar-refractivity contribution < 1.29 is 14.3 Å². The lowest BCUT2D eigenvalue weighted by Crippen LogP contribution is -2.25. The molecule has 6 heteroatoms. The summed E-state index contributed by atoms with van der Waals surface area (Å²) in [7, 11) is 2.81. The number of carbonyl (C=O) groups excluding carboxylic acids is 2. The van der Waals surface area contributed by atoms with E-state index in [1.165, 1.54) is 14.2 Å². The van der Waals surface area contributed by atoms with Crippen LogP contribution in [0.5, 0.6) is 0 Å². The zero-order chi connectivity index (χ0) is 12.8. The highest BCUT2D eigenvalue weighted by Gasteiger charge is 2.06. The van der Waals surface area contributed by atoms with E-state index in [4.69, 9.17) is 0 Å². The van der Waals surface area contributed by atoms with E-state index in [9.17, 15) is 9.59 Å². The average Bonchev–Trinajstić information content (AvgIpc) is 2.33. The van der Waals surface area contributed by atoms with E-state index in [1.807, 2.05) is 6.92 Å². The van der Waals surface area contributed by atoms with Crippen LogP contribution in [0, 0.1) is 6.92 Å². The lowest BCUT2D eigenvalue weighted by Gasteiger charge is -2.10. The van der Waals surface area contributed by atoms with Gasteiger partial charge in [-0.1, -0.05) is 6.07 Å². The van der Waals surface area contributed by atoms with Crippen LogP contribution < -0.4 is 16.0 Å². The Labute approximate surface area is 99.3 Å². The fourth-order valence-electron chi connectivity index (χ4n) is 1.19. The van der Waals surface area contributed by atoms with Crippen molar-refractivity contribution in [3.05, 3.63) is 23.8 Å². The molecule has 1 rings (SSSR count). The smallest absolute Gasteiger partial charge is 0.411 e. The Morgan fingerprint density at radius 3 is 2.53 bits per heavy atom. The van der Waals surface area contributed by atoms with E-state index in [0.29, 0.717) is 11.4 Å². The lowest BCUT2D eigenvalue weighted by atomic mass is 10.2. The summed E-state index contributed by atoms with van der Waals surface area (Å²) in [6, 6.07) is 4.85. The highest BCUT2D eigenvalue weighted by atomic mass is 16.5. The van der Waals surface area contributed by atoms with Crippen LogP contribution >= 0.6 is 0 Å². The number of anilines is 2. The predicted molar refractivity (Wildman–Crippen MR) is 65.3 cm³/mol. The molecule has 0 saturated carbocycles. The van der Waals surface area contributed by atoms with E-state index in [1.54, 1.807) is 18.2 Å². The van der Waals surface area contributed by atoms with Crippen molar-refractivity contribution in [2.24, 2.45) is 0 Å². The minimum atomic E-state index is -0.556. The standard InChI is InChI=1S/C11H15N3O3/c1-7-4-5-8(13-11(16)17-3)6-9(7)14-10(15)12-2/h4-6H,1-3H3,(H,13,16)(H2,12,14,15). The summed E-state index contributed by atoms with van der Waals surface area (Å²) in [4.78, 5) is 22.2. The molecule has 0 aliphatic heterocycles. The minimum Gasteiger partial charge on any atom is -0.453 e. The quantitative estimate of drug-likeness (QED) is 0.735. The number of rotatable bonds is 2. The summed E-state index contributed by atoms with van der Waals surface area (Å²) in [5, 5.41) is 7.62. The summed E-state index contributed by atoms with van der Waals surface area (Å²) in [5.74, 6) is 0. The van der Waals surface area contributed by atoms with Gasteiger partial charge in [-0.25, -0.2) is 9.59 Å². The Morgan fingerprint density at radius 1 is 1.24 bits per heavy atom. The van der Waals surface area contributed by atoms with Crippen LogP contribution in [0.4, 0.5) is 21.0 Å². The molecular weight excluding hydrogens is 222 g/mol. The van der Waals surface area contributed by atoms with Crippen molar-refractivity contribution in [3.8, 4) is 0 Å². The highest BCUT2D eigenvalue weighted by molar-refractivity contribution is 5.92. The van der Waals surface area contributed by atoms with Crippen molar-refractivity contribution >= 4 is 23.5 Å². The molecule has 0 heterocycles. The molecule has 0 radical (unpaired) electrons. The van der Waals surface area contributed by atoms with Gasteiger partial charge >= 0.3 is 12.1 Å². The SMILES string of the molecule is CNC(=O)Nc1cc(NC(=O)OC)ccc1C. The lowest BCUT2D eigenvalue weighted by molar-refractivity contribution is 0.187. The zero-order valence-corrected chi connectivity index (χ0v) is 9.96. The van der Waals surface area contributed by atoms with Gasteiger partial charge in [0.1, 0.15) is 0 Å². The maximum atomic E-state index is 11.2. The number of benzene rings is 1. The number of urea groups is 1. The Balaban J connectivity index is 2.86. The molecule has 1 aromatic rings. The summed E-state index contributed by atoms with van der Waals surface area (Å²) in [5.41, 5.74) is 2.07. The van der Waals surface area contributed by atoms with Gasteiger partial charge in [0.15, 0.2) is 0 Å². The van der Waals surface area contributed by atoms with Gasteiger partial charge in [-0.15, -0.1) is 0 Å². The molecular formula is C11H15N3O3. The van der Waals surface area contributed by atoms with Gasteiger partial charge in [0.05, 0.1) is 7.11 Å². The Morgan fingerprint density at radius 2 is 1.94 bits per heavy atom. The molecule has 3 amide bonds. The molecule has 0 saturated heterocycles. The molecule has 0 atom stereocenters. The maximum absolute atomic E-state index is 11.2. The summed E-state index contributed by atoms with van der Waals surface area (Å²) >= 11 is 0. The Hall–Kier alpha value is -2.24. The normalized spacial score (nSPS) is 9.35. The molecule has 0 aromatic heterocycles. The van der Waals surface area contributed by atoms with Crippen molar-refractivity contribution in [2.45, 2.75) is 6.92 Å². The Kier molecular flexibility index (Phi) is 4.33. The topological polar surface area (TPSA) is 79.5 Å². The highest BCUT2D eigenvalue weighted by Crippen LogP contribution is 2.20. The van der Waals surface area contributed by atoms with Crippen LogP contribution in [0.2, 0.25) is 0 Å². The molecule has 6 nitrogen and oxygen atoms in total. The van der Waals surface area contributed by atoms with Crippen molar-refractivity contribution in [1.82, 2.24) is 5.32 Å². The van der Waals surface area contributed by atoms with Crippen LogP contribution in [0.15, 0.2) is 18.2 Å². The number of nitrogens with one attached hydrogen (secondary N) is 3. The van der Waals surface area contributed by atoms with E-state index in [-0.39, 0.29) is 6.03 Å². The summed E-state index contributed by atoms with van der Waals surface area (Å²) in [6.45, 7) is 1.85. The van der Waals surface area contributed by atoms with Crippen molar-refractivity contribution in [3.63, 3.8) is 0 Å². The first-order valence-electron chi connectivity index (χ1n) is 5.01. The number of ether oxygens (including phenoxy) is 1. The fraction of sp³-hybridized carbons (Fsp3) is 0.273. The molecule has 3 N–H and O–H groups in total. The van der Waals surface area contributed by atoms with Crippen LogP contribution in [0.1, 0.15) is 5.56 Å². The summed E-state index contributed by atoms with van der Waals surface area (Å²) < 4.78 is 4.48. The molecule has 0 fully saturated rings. The molecule has 1 aromatic carbocycles. The second-order valence-corrected chi connectivity index (χ2v) is 3.35. The first kappa shape index (κ1) is 12.8. The Bertz CT molecular complexity index is 432. The molecule has 0 bridgehead atoms. The number of hydrogen-bond acceptors (Lipinski definition) is 3. The minimum absolute atomic E-state index is 0.316. The van der Waals surface area contributed by atoms with Crippen LogP contribution in [0.3, 0.4) is 0 Å². The van der Waals surface area contributed by atoms with E-state index < -0.39 is 6.09 Å². The molecule has 17 heavy (non-hydrogen) atoms. The monoisotopic (exact) mass is 237 g/mol. The second kappa shape index (κ2) is 5.74. The second-order valence-electron chi connectivity index (χ2n) is 3.35. The number of hydrogen-bond donors (Lipinski definition) is 3. The van der Waals surface area contributed by atoms with Gasteiger partial charge in [0.25, 0.3) is 0 Å². The largest absolute Gasteiger partial charge is 0.453 e. The van der Waals surface area contributed by atoms with E-state index >= 15 is 0 Å². The van der Waals surface area contributed by atoms with Gasteiger partial charge in [-0.05, 0) is 24.6 Å². The average molecular weight is 237 g/mol. The van der Waals surface area contributed by atoms with Crippen LogP contribution in [0.25, 0.3) is 0 Å². The first-order chi connectivity index (χ1) is 8.06. The fourth-order valence-corrected chi connectivity index (χ4v) is 1.19. The van der Waals surface area contributed by atoms with Gasteiger partial charge in [0, 0.05) is 18.4 Å². The third-order valence-corrected chi connectivity index (χ3v) is 2.14. The zero-order valence-electron chi connectivity index (χ0n) is 9.96. The van der Waals surface area contributed by atoms with Gasteiger partial charge in [-0.2, -0.15) is 0 Å². The van der Waals surface area contributed by atoms with Gasteiger partial charge in [0.2, 0.25) is 0 Å². The summed E-state index contributed by atoms with van der Waals surface area (Å²) in [6.07, 6.45) is -0.556. The number of aryl methyl sites for hydroxylation is 1. The third-order valence-electron chi connectivity index (χ3n) is 2.14. The molecule has 0 aliphatic carbocycles. The van der Waals surface area contributed by atoms with E-state index in [2.05, 4.69) is 20.7 Å². The van der Waals surface area contributed by atoms with Gasteiger partial charge in [-0.3, -0.25) is 5.32 Å². The third kappa shape index (κ3) is 3.67. The van der Waals surface area contributed by atoms with Gasteiger partial charge < -0.3 is 15.4 Å². The number of amides is 3. The van der Waals surface area contributed by atoms with E-state index in [0.717, 1.165) is 5.56 Å². The molecule has 92 valence electrons.